The fourth-order valence-corrected chi connectivity index (χ4v) is 3.36. The van der Waals surface area contributed by atoms with Crippen LogP contribution in [0.3, 0.4) is 0 Å². The standard InChI is InChI=1S/C15H11BrN2OS/c1-9-4-2-3-5-11(9)14(19)18-15-17-12-7-6-10(16)8-13(12)20-15/h2-8H,1H3,(H,17,18,19). The molecule has 0 aliphatic heterocycles. The largest absolute Gasteiger partial charge is 0.298 e. The van der Waals surface area contributed by atoms with E-state index in [9.17, 15) is 4.79 Å². The SMILES string of the molecule is Cc1ccccc1C(=O)Nc1nc2ccc(Br)cc2s1. The van der Waals surface area contributed by atoms with Crippen LogP contribution < -0.4 is 5.32 Å². The van der Waals surface area contributed by atoms with Gasteiger partial charge in [-0.2, -0.15) is 0 Å². The molecule has 0 saturated heterocycles. The molecule has 0 atom stereocenters. The van der Waals surface area contributed by atoms with Gasteiger partial charge in [0.05, 0.1) is 10.2 Å². The maximum atomic E-state index is 12.2. The number of fused-ring (bicyclic) bond motifs is 1. The van der Waals surface area contributed by atoms with E-state index in [-0.39, 0.29) is 5.91 Å². The van der Waals surface area contributed by atoms with Gasteiger partial charge in [-0.05, 0) is 36.8 Å². The van der Waals surface area contributed by atoms with E-state index < -0.39 is 0 Å². The van der Waals surface area contributed by atoms with Crippen LogP contribution in [0.1, 0.15) is 15.9 Å². The van der Waals surface area contributed by atoms with Crippen molar-refractivity contribution in [1.29, 1.82) is 0 Å². The molecule has 20 heavy (non-hydrogen) atoms. The summed E-state index contributed by atoms with van der Waals surface area (Å²) in [6.45, 7) is 1.92. The number of amides is 1. The molecule has 0 spiro atoms. The summed E-state index contributed by atoms with van der Waals surface area (Å²) < 4.78 is 2.05. The molecule has 0 aliphatic rings. The molecular weight excluding hydrogens is 336 g/mol. The molecule has 0 bridgehead atoms. The van der Waals surface area contributed by atoms with Gasteiger partial charge in [-0.1, -0.05) is 45.5 Å². The third-order valence-electron chi connectivity index (χ3n) is 2.96. The molecule has 100 valence electrons. The Labute approximate surface area is 128 Å². The minimum absolute atomic E-state index is 0.124. The summed E-state index contributed by atoms with van der Waals surface area (Å²) in [5.74, 6) is -0.124. The topological polar surface area (TPSA) is 42.0 Å². The van der Waals surface area contributed by atoms with Crippen molar-refractivity contribution in [3.8, 4) is 0 Å². The third-order valence-corrected chi connectivity index (χ3v) is 4.39. The van der Waals surface area contributed by atoms with Crippen molar-refractivity contribution < 1.29 is 4.79 Å². The average Bonchev–Trinajstić information content (AvgIpc) is 2.80. The van der Waals surface area contributed by atoms with Gasteiger partial charge < -0.3 is 0 Å². The number of carbonyl (C=O) groups excluding carboxylic acids is 1. The van der Waals surface area contributed by atoms with Crippen molar-refractivity contribution in [2.24, 2.45) is 0 Å². The Morgan fingerprint density at radius 2 is 2.05 bits per heavy atom. The zero-order chi connectivity index (χ0) is 14.1. The van der Waals surface area contributed by atoms with Gasteiger partial charge in [-0.15, -0.1) is 0 Å². The minimum Gasteiger partial charge on any atom is -0.298 e. The molecule has 1 aromatic heterocycles. The lowest BCUT2D eigenvalue weighted by Crippen LogP contribution is -2.12. The third kappa shape index (κ3) is 2.59. The van der Waals surface area contributed by atoms with Crippen molar-refractivity contribution in [1.82, 2.24) is 4.98 Å². The molecule has 5 heteroatoms. The molecule has 3 aromatic rings. The lowest BCUT2D eigenvalue weighted by Gasteiger charge is -2.04. The predicted octanol–water partition coefficient (Wildman–Crippen LogP) is 4.62. The number of nitrogens with one attached hydrogen (secondary N) is 1. The highest BCUT2D eigenvalue weighted by molar-refractivity contribution is 9.10. The van der Waals surface area contributed by atoms with Crippen LogP contribution in [-0.2, 0) is 0 Å². The quantitative estimate of drug-likeness (QED) is 0.735. The highest BCUT2D eigenvalue weighted by Crippen LogP contribution is 2.28. The fourth-order valence-electron chi connectivity index (χ4n) is 1.94. The number of halogens is 1. The number of hydrogen-bond acceptors (Lipinski definition) is 3. The maximum Gasteiger partial charge on any atom is 0.257 e. The second-order valence-corrected chi connectivity index (χ2v) is 6.35. The molecule has 1 heterocycles. The van der Waals surface area contributed by atoms with Gasteiger partial charge >= 0.3 is 0 Å². The van der Waals surface area contributed by atoms with Crippen molar-refractivity contribution in [3.63, 3.8) is 0 Å². The Kier molecular flexibility index (Phi) is 3.54. The number of benzene rings is 2. The Morgan fingerprint density at radius 1 is 1.25 bits per heavy atom. The Morgan fingerprint density at radius 3 is 2.85 bits per heavy atom. The first kappa shape index (κ1) is 13.3. The van der Waals surface area contributed by atoms with Gasteiger partial charge in [-0.25, -0.2) is 4.98 Å². The van der Waals surface area contributed by atoms with Gasteiger partial charge in [0.15, 0.2) is 5.13 Å². The second-order valence-electron chi connectivity index (χ2n) is 4.40. The van der Waals surface area contributed by atoms with Crippen LogP contribution in [0.15, 0.2) is 46.9 Å². The van der Waals surface area contributed by atoms with Crippen molar-refractivity contribution in [2.45, 2.75) is 6.92 Å². The zero-order valence-corrected chi connectivity index (χ0v) is 13.1. The lowest BCUT2D eigenvalue weighted by molar-refractivity contribution is 0.102. The Bertz CT molecular complexity index is 797. The summed E-state index contributed by atoms with van der Waals surface area (Å²) in [7, 11) is 0. The van der Waals surface area contributed by atoms with Crippen LogP contribution in [0.2, 0.25) is 0 Å². The van der Waals surface area contributed by atoms with E-state index in [1.807, 2.05) is 49.4 Å². The number of nitrogens with zero attached hydrogens (tertiary/aromatic N) is 1. The fraction of sp³-hybridized carbons (Fsp3) is 0.0667. The highest BCUT2D eigenvalue weighted by Gasteiger charge is 2.11. The number of aromatic nitrogens is 1. The number of rotatable bonds is 2. The first-order valence-corrected chi connectivity index (χ1v) is 7.67. The van der Waals surface area contributed by atoms with Crippen LogP contribution in [-0.4, -0.2) is 10.9 Å². The molecule has 3 nitrogen and oxygen atoms in total. The predicted molar refractivity (Wildman–Crippen MR) is 86.5 cm³/mol. The number of carbonyl (C=O) groups is 1. The van der Waals surface area contributed by atoms with Crippen molar-refractivity contribution >= 4 is 48.5 Å². The monoisotopic (exact) mass is 346 g/mol. The summed E-state index contributed by atoms with van der Waals surface area (Å²) in [6, 6.07) is 13.4. The van der Waals surface area contributed by atoms with E-state index in [4.69, 9.17) is 0 Å². The molecular formula is C15H11BrN2OS. The molecule has 0 radical (unpaired) electrons. The molecule has 3 rings (SSSR count). The first-order valence-electron chi connectivity index (χ1n) is 6.06. The zero-order valence-electron chi connectivity index (χ0n) is 10.7. The maximum absolute atomic E-state index is 12.2. The number of aryl methyl sites for hydroxylation is 1. The van der Waals surface area contributed by atoms with E-state index in [2.05, 4.69) is 26.2 Å². The average molecular weight is 347 g/mol. The van der Waals surface area contributed by atoms with E-state index in [1.54, 1.807) is 0 Å². The van der Waals surface area contributed by atoms with Gasteiger partial charge in [0.2, 0.25) is 0 Å². The summed E-state index contributed by atoms with van der Waals surface area (Å²) in [6.07, 6.45) is 0. The number of thiazole rings is 1. The Balaban J connectivity index is 1.89. The second kappa shape index (κ2) is 5.34. The van der Waals surface area contributed by atoms with Crippen LogP contribution in [0.4, 0.5) is 5.13 Å². The summed E-state index contributed by atoms with van der Waals surface area (Å²) in [5, 5.41) is 3.48. The highest BCUT2D eigenvalue weighted by atomic mass is 79.9. The van der Waals surface area contributed by atoms with Crippen molar-refractivity contribution in [2.75, 3.05) is 5.32 Å². The molecule has 1 N–H and O–H groups in total. The van der Waals surface area contributed by atoms with Gasteiger partial charge in [0.25, 0.3) is 5.91 Å². The van der Waals surface area contributed by atoms with E-state index in [1.165, 1.54) is 11.3 Å². The van der Waals surface area contributed by atoms with Gasteiger partial charge in [-0.3, -0.25) is 10.1 Å². The Hall–Kier alpha value is -1.72. The minimum atomic E-state index is -0.124. The summed E-state index contributed by atoms with van der Waals surface area (Å²) in [5.41, 5.74) is 2.51. The van der Waals surface area contributed by atoms with Crippen LogP contribution >= 0.6 is 27.3 Å². The van der Waals surface area contributed by atoms with Crippen LogP contribution in [0.25, 0.3) is 10.2 Å². The molecule has 1 amide bonds. The molecule has 0 fully saturated rings. The van der Waals surface area contributed by atoms with E-state index in [0.717, 1.165) is 20.3 Å². The molecule has 0 saturated carbocycles. The number of hydrogen-bond donors (Lipinski definition) is 1. The molecule has 0 unspecified atom stereocenters. The van der Waals surface area contributed by atoms with E-state index >= 15 is 0 Å². The normalized spacial score (nSPS) is 10.7. The number of anilines is 1. The van der Waals surface area contributed by atoms with Crippen molar-refractivity contribution in [3.05, 3.63) is 58.1 Å². The first-order chi connectivity index (χ1) is 9.63. The van der Waals surface area contributed by atoms with Gasteiger partial charge in [0, 0.05) is 10.0 Å². The lowest BCUT2D eigenvalue weighted by atomic mass is 10.1. The van der Waals surface area contributed by atoms with E-state index in [0.29, 0.717) is 10.7 Å². The summed E-state index contributed by atoms with van der Waals surface area (Å²) >= 11 is 4.90. The molecule has 2 aromatic carbocycles. The van der Waals surface area contributed by atoms with Crippen LogP contribution in [0.5, 0.6) is 0 Å². The van der Waals surface area contributed by atoms with Gasteiger partial charge in [0.1, 0.15) is 0 Å². The smallest absolute Gasteiger partial charge is 0.257 e. The summed E-state index contributed by atoms with van der Waals surface area (Å²) in [4.78, 5) is 16.6. The van der Waals surface area contributed by atoms with Crippen LogP contribution in [0, 0.1) is 6.92 Å². The molecule has 0 aliphatic carbocycles.